The Morgan fingerprint density at radius 2 is 2.00 bits per heavy atom. The van der Waals surface area contributed by atoms with Gasteiger partial charge in [0.2, 0.25) is 0 Å². The summed E-state index contributed by atoms with van der Waals surface area (Å²) in [5, 5.41) is 4.49. The third-order valence-corrected chi connectivity index (χ3v) is 3.22. The van der Waals surface area contributed by atoms with Crippen LogP contribution in [0.15, 0.2) is 47.6 Å². The molecule has 0 saturated heterocycles. The molecule has 0 aliphatic heterocycles. The minimum absolute atomic E-state index is 0.315. The second kappa shape index (κ2) is 8.19. The van der Waals surface area contributed by atoms with Crippen LogP contribution in [0.25, 0.3) is 0 Å². The molecule has 0 spiro atoms. The van der Waals surface area contributed by atoms with E-state index in [0.29, 0.717) is 28.5 Å². The van der Waals surface area contributed by atoms with E-state index < -0.39 is 0 Å². The molecular formula is C17H17ClN2O3. The van der Waals surface area contributed by atoms with Crippen molar-refractivity contribution in [3.63, 3.8) is 0 Å². The largest absolute Gasteiger partial charge is 0.496 e. The Hall–Kier alpha value is -2.53. The minimum Gasteiger partial charge on any atom is -0.496 e. The quantitative estimate of drug-likeness (QED) is 0.650. The predicted molar refractivity (Wildman–Crippen MR) is 90.7 cm³/mol. The summed E-state index contributed by atoms with van der Waals surface area (Å²) in [6.07, 6.45) is 1.48. The first-order chi connectivity index (χ1) is 11.1. The monoisotopic (exact) mass is 332 g/mol. The van der Waals surface area contributed by atoms with Crippen molar-refractivity contribution in [1.29, 1.82) is 0 Å². The Morgan fingerprint density at radius 1 is 1.26 bits per heavy atom. The van der Waals surface area contributed by atoms with E-state index in [9.17, 15) is 4.79 Å². The molecule has 0 fully saturated rings. The molecule has 23 heavy (non-hydrogen) atoms. The van der Waals surface area contributed by atoms with Crippen molar-refractivity contribution in [2.75, 3.05) is 13.7 Å². The number of amides is 1. The lowest BCUT2D eigenvalue weighted by Crippen LogP contribution is -2.17. The molecule has 6 heteroatoms. The molecule has 0 atom stereocenters. The second-order valence-electron chi connectivity index (χ2n) is 4.54. The van der Waals surface area contributed by atoms with Crippen LogP contribution in [-0.2, 0) is 0 Å². The summed E-state index contributed by atoms with van der Waals surface area (Å²) in [6.45, 7) is 2.48. The molecule has 2 aromatic rings. The molecule has 0 heterocycles. The molecule has 0 saturated carbocycles. The number of nitrogens with one attached hydrogen (secondary N) is 1. The van der Waals surface area contributed by atoms with Crippen molar-refractivity contribution in [2.45, 2.75) is 6.92 Å². The van der Waals surface area contributed by atoms with Gasteiger partial charge in [-0.3, -0.25) is 4.79 Å². The van der Waals surface area contributed by atoms with Crippen LogP contribution in [0.4, 0.5) is 0 Å². The van der Waals surface area contributed by atoms with Crippen molar-refractivity contribution in [1.82, 2.24) is 5.43 Å². The van der Waals surface area contributed by atoms with Crippen molar-refractivity contribution in [2.24, 2.45) is 5.10 Å². The van der Waals surface area contributed by atoms with Gasteiger partial charge in [0.1, 0.15) is 11.5 Å². The van der Waals surface area contributed by atoms with Crippen molar-refractivity contribution in [3.05, 3.63) is 58.6 Å². The SMILES string of the molecule is CCOc1ccc(C(=O)N/N=C\c2cc(Cl)ccc2OC)cc1. The van der Waals surface area contributed by atoms with E-state index >= 15 is 0 Å². The summed E-state index contributed by atoms with van der Waals surface area (Å²) in [7, 11) is 1.55. The van der Waals surface area contributed by atoms with Gasteiger partial charge in [-0.15, -0.1) is 0 Å². The molecule has 2 aromatic carbocycles. The smallest absolute Gasteiger partial charge is 0.271 e. The van der Waals surface area contributed by atoms with Crippen LogP contribution in [0.3, 0.4) is 0 Å². The van der Waals surface area contributed by atoms with E-state index in [1.165, 1.54) is 6.21 Å². The predicted octanol–water partition coefficient (Wildman–Crippen LogP) is 3.51. The highest BCUT2D eigenvalue weighted by atomic mass is 35.5. The van der Waals surface area contributed by atoms with Gasteiger partial charge in [0.05, 0.1) is 19.9 Å². The fourth-order valence-corrected chi connectivity index (χ4v) is 2.08. The number of hydrogen-bond acceptors (Lipinski definition) is 4. The minimum atomic E-state index is -0.315. The van der Waals surface area contributed by atoms with Gasteiger partial charge in [0, 0.05) is 16.1 Å². The van der Waals surface area contributed by atoms with Gasteiger partial charge in [-0.05, 0) is 49.4 Å². The zero-order valence-electron chi connectivity index (χ0n) is 12.9. The molecule has 5 nitrogen and oxygen atoms in total. The normalized spacial score (nSPS) is 10.6. The number of carbonyl (C=O) groups is 1. The Bertz CT molecular complexity index is 699. The fourth-order valence-electron chi connectivity index (χ4n) is 1.90. The first kappa shape index (κ1) is 16.8. The van der Waals surface area contributed by atoms with Gasteiger partial charge < -0.3 is 9.47 Å². The molecule has 0 aliphatic carbocycles. The zero-order valence-corrected chi connectivity index (χ0v) is 13.6. The van der Waals surface area contributed by atoms with Gasteiger partial charge in [0.15, 0.2) is 0 Å². The van der Waals surface area contributed by atoms with Crippen molar-refractivity contribution in [3.8, 4) is 11.5 Å². The molecule has 2 rings (SSSR count). The highest BCUT2D eigenvalue weighted by Crippen LogP contribution is 2.20. The van der Waals surface area contributed by atoms with Crippen LogP contribution in [-0.4, -0.2) is 25.8 Å². The summed E-state index contributed by atoms with van der Waals surface area (Å²) in [5.74, 6) is 1.02. The Labute approximate surface area is 139 Å². The molecule has 120 valence electrons. The summed E-state index contributed by atoms with van der Waals surface area (Å²) in [6, 6.07) is 12.0. The van der Waals surface area contributed by atoms with Crippen LogP contribution in [0.2, 0.25) is 5.02 Å². The maximum atomic E-state index is 12.0. The van der Waals surface area contributed by atoms with Gasteiger partial charge in [0.25, 0.3) is 5.91 Å². The summed E-state index contributed by atoms with van der Waals surface area (Å²) in [5.41, 5.74) is 3.62. The van der Waals surface area contributed by atoms with Crippen LogP contribution in [0.5, 0.6) is 11.5 Å². The van der Waals surface area contributed by atoms with Crippen LogP contribution >= 0.6 is 11.6 Å². The molecule has 0 bridgehead atoms. The molecule has 1 amide bonds. The molecule has 0 unspecified atom stereocenters. The molecular weight excluding hydrogens is 316 g/mol. The van der Waals surface area contributed by atoms with Gasteiger partial charge in [-0.25, -0.2) is 5.43 Å². The number of ether oxygens (including phenoxy) is 2. The highest BCUT2D eigenvalue weighted by Gasteiger charge is 2.05. The van der Waals surface area contributed by atoms with E-state index in [1.54, 1.807) is 49.6 Å². The highest BCUT2D eigenvalue weighted by molar-refractivity contribution is 6.30. The third-order valence-electron chi connectivity index (χ3n) is 2.99. The lowest BCUT2D eigenvalue weighted by molar-refractivity contribution is 0.0955. The number of carbonyl (C=O) groups excluding carboxylic acids is 1. The maximum Gasteiger partial charge on any atom is 0.271 e. The van der Waals surface area contributed by atoms with Crippen molar-refractivity contribution < 1.29 is 14.3 Å². The second-order valence-corrected chi connectivity index (χ2v) is 4.98. The number of rotatable bonds is 6. The van der Waals surface area contributed by atoms with Gasteiger partial charge in [-0.2, -0.15) is 5.10 Å². The molecule has 1 N–H and O–H groups in total. The number of methoxy groups -OCH3 is 1. The molecule has 0 aromatic heterocycles. The summed E-state index contributed by atoms with van der Waals surface area (Å²) < 4.78 is 10.5. The van der Waals surface area contributed by atoms with E-state index in [0.717, 1.165) is 5.75 Å². The summed E-state index contributed by atoms with van der Waals surface area (Å²) >= 11 is 5.94. The number of hydrazone groups is 1. The number of benzene rings is 2. The van der Waals surface area contributed by atoms with Crippen LogP contribution in [0, 0.1) is 0 Å². The standard InChI is InChI=1S/C17H17ClN2O3/c1-3-23-15-7-4-12(5-8-15)17(21)20-19-11-13-10-14(18)6-9-16(13)22-2/h4-11H,3H2,1-2H3,(H,20,21)/b19-11-. The topological polar surface area (TPSA) is 59.9 Å². The Morgan fingerprint density at radius 3 is 2.65 bits per heavy atom. The average molecular weight is 333 g/mol. The lowest BCUT2D eigenvalue weighted by Gasteiger charge is -2.05. The summed E-state index contributed by atoms with van der Waals surface area (Å²) in [4.78, 5) is 12.0. The number of hydrogen-bond donors (Lipinski definition) is 1. The van der Waals surface area contributed by atoms with E-state index in [4.69, 9.17) is 21.1 Å². The Balaban J connectivity index is 2.02. The average Bonchev–Trinajstić information content (AvgIpc) is 2.56. The van der Waals surface area contributed by atoms with Crippen molar-refractivity contribution >= 4 is 23.7 Å². The molecule has 0 radical (unpaired) electrons. The van der Waals surface area contributed by atoms with Gasteiger partial charge >= 0.3 is 0 Å². The van der Waals surface area contributed by atoms with E-state index in [2.05, 4.69) is 10.5 Å². The van der Waals surface area contributed by atoms with Gasteiger partial charge in [-0.1, -0.05) is 11.6 Å². The van der Waals surface area contributed by atoms with Crippen LogP contribution < -0.4 is 14.9 Å². The Kier molecular flexibility index (Phi) is 6.00. The fraction of sp³-hybridized carbons (Fsp3) is 0.176. The van der Waals surface area contributed by atoms with Crippen LogP contribution in [0.1, 0.15) is 22.8 Å². The number of nitrogens with zero attached hydrogens (tertiary/aromatic N) is 1. The lowest BCUT2D eigenvalue weighted by atomic mass is 10.2. The maximum absolute atomic E-state index is 12.0. The number of halogens is 1. The zero-order chi connectivity index (χ0) is 16.7. The van der Waals surface area contributed by atoms with E-state index in [-0.39, 0.29) is 5.91 Å². The third kappa shape index (κ3) is 4.72. The first-order valence-corrected chi connectivity index (χ1v) is 7.41. The first-order valence-electron chi connectivity index (χ1n) is 7.04. The van der Waals surface area contributed by atoms with E-state index in [1.807, 2.05) is 6.92 Å². The molecule has 0 aliphatic rings.